The monoisotopic (exact) mass is 287 g/mol. The Balaban J connectivity index is 2.40. The number of carbonyl (C=O) groups is 1. The van der Waals surface area contributed by atoms with Crippen LogP contribution in [0.3, 0.4) is 0 Å². The first-order chi connectivity index (χ1) is 7.08. The van der Waals surface area contributed by atoms with Crippen molar-refractivity contribution in [3.8, 4) is 0 Å². The number of hydrogen-bond acceptors (Lipinski definition) is 2. The SMILES string of the molecule is CC(C)CNC(=O)C=Cc1ccc(Br)s1. The van der Waals surface area contributed by atoms with Gasteiger partial charge in [0.15, 0.2) is 0 Å². The molecule has 0 aliphatic carbocycles. The normalized spacial score (nSPS) is 11.2. The summed E-state index contributed by atoms with van der Waals surface area (Å²) in [5.74, 6) is 0.450. The third kappa shape index (κ3) is 5.14. The van der Waals surface area contributed by atoms with E-state index in [0.29, 0.717) is 5.92 Å². The highest BCUT2D eigenvalue weighted by atomic mass is 79.9. The van der Waals surface area contributed by atoms with Gasteiger partial charge in [0, 0.05) is 17.5 Å². The number of rotatable bonds is 4. The fourth-order valence-corrected chi connectivity index (χ4v) is 2.27. The van der Waals surface area contributed by atoms with Gasteiger partial charge in [-0.25, -0.2) is 0 Å². The van der Waals surface area contributed by atoms with Crippen molar-refractivity contribution < 1.29 is 4.79 Å². The fourth-order valence-electron chi connectivity index (χ4n) is 0.939. The van der Waals surface area contributed by atoms with Gasteiger partial charge in [0.25, 0.3) is 0 Å². The average molecular weight is 288 g/mol. The van der Waals surface area contributed by atoms with Crippen LogP contribution in [0.25, 0.3) is 6.08 Å². The molecule has 1 heterocycles. The summed E-state index contributed by atoms with van der Waals surface area (Å²) in [5.41, 5.74) is 0. The molecule has 0 aliphatic rings. The molecule has 82 valence electrons. The van der Waals surface area contributed by atoms with Crippen molar-refractivity contribution in [3.63, 3.8) is 0 Å². The second kappa shape index (κ2) is 6.08. The number of carbonyl (C=O) groups excluding carboxylic acids is 1. The molecule has 1 aromatic rings. The second-order valence-electron chi connectivity index (χ2n) is 3.61. The number of thiophene rings is 1. The van der Waals surface area contributed by atoms with Crippen LogP contribution in [-0.4, -0.2) is 12.5 Å². The summed E-state index contributed by atoms with van der Waals surface area (Å²) >= 11 is 4.98. The molecule has 0 bridgehead atoms. The summed E-state index contributed by atoms with van der Waals surface area (Å²) in [4.78, 5) is 12.4. The second-order valence-corrected chi connectivity index (χ2v) is 6.11. The maximum atomic E-state index is 11.3. The van der Waals surface area contributed by atoms with E-state index >= 15 is 0 Å². The lowest BCUT2D eigenvalue weighted by Crippen LogP contribution is -2.25. The average Bonchev–Trinajstić information content (AvgIpc) is 2.58. The molecule has 2 nitrogen and oxygen atoms in total. The lowest BCUT2D eigenvalue weighted by Gasteiger charge is -2.03. The van der Waals surface area contributed by atoms with Gasteiger partial charge in [0.2, 0.25) is 5.91 Å². The lowest BCUT2D eigenvalue weighted by atomic mass is 10.2. The number of nitrogens with one attached hydrogen (secondary N) is 1. The molecule has 0 saturated carbocycles. The zero-order chi connectivity index (χ0) is 11.3. The van der Waals surface area contributed by atoms with Crippen LogP contribution >= 0.6 is 27.3 Å². The van der Waals surface area contributed by atoms with E-state index in [4.69, 9.17) is 0 Å². The molecule has 0 unspecified atom stereocenters. The van der Waals surface area contributed by atoms with E-state index in [1.807, 2.05) is 18.2 Å². The Morgan fingerprint density at radius 2 is 2.33 bits per heavy atom. The molecule has 0 aliphatic heterocycles. The third-order valence-electron chi connectivity index (χ3n) is 1.68. The van der Waals surface area contributed by atoms with Crippen LogP contribution in [-0.2, 0) is 4.79 Å². The predicted molar refractivity (Wildman–Crippen MR) is 68.9 cm³/mol. The van der Waals surface area contributed by atoms with E-state index in [9.17, 15) is 4.79 Å². The van der Waals surface area contributed by atoms with Gasteiger partial charge in [-0.15, -0.1) is 11.3 Å². The van der Waals surface area contributed by atoms with Crippen molar-refractivity contribution in [1.82, 2.24) is 5.32 Å². The smallest absolute Gasteiger partial charge is 0.244 e. The van der Waals surface area contributed by atoms with Crippen LogP contribution in [0.5, 0.6) is 0 Å². The van der Waals surface area contributed by atoms with E-state index in [2.05, 4.69) is 35.1 Å². The Kier molecular flexibility index (Phi) is 5.05. The topological polar surface area (TPSA) is 29.1 Å². The van der Waals surface area contributed by atoms with Gasteiger partial charge in [-0.3, -0.25) is 4.79 Å². The first kappa shape index (κ1) is 12.5. The predicted octanol–water partition coefficient (Wildman–Crippen LogP) is 3.30. The van der Waals surface area contributed by atoms with Crippen molar-refractivity contribution in [2.24, 2.45) is 5.92 Å². The zero-order valence-corrected chi connectivity index (χ0v) is 11.2. The number of amides is 1. The van der Waals surface area contributed by atoms with E-state index in [1.54, 1.807) is 17.4 Å². The van der Waals surface area contributed by atoms with Crippen LogP contribution in [0.15, 0.2) is 22.0 Å². The Morgan fingerprint density at radius 3 is 2.87 bits per heavy atom. The maximum Gasteiger partial charge on any atom is 0.244 e. The molecule has 0 atom stereocenters. The quantitative estimate of drug-likeness (QED) is 0.846. The van der Waals surface area contributed by atoms with Crippen LogP contribution in [0.4, 0.5) is 0 Å². The molecule has 0 fully saturated rings. The number of hydrogen-bond donors (Lipinski definition) is 1. The van der Waals surface area contributed by atoms with Crippen molar-refractivity contribution >= 4 is 39.2 Å². The molecule has 0 aromatic carbocycles. The van der Waals surface area contributed by atoms with Gasteiger partial charge in [0.1, 0.15) is 0 Å². The highest BCUT2D eigenvalue weighted by molar-refractivity contribution is 9.11. The highest BCUT2D eigenvalue weighted by Crippen LogP contribution is 2.22. The minimum atomic E-state index is -0.0341. The van der Waals surface area contributed by atoms with Crippen LogP contribution in [0, 0.1) is 5.92 Å². The molecule has 15 heavy (non-hydrogen) atoms. The summed E-state index contributed by atoms with van der Waals surface area (Å²) in [6, 6.07) is 3.94. The van der Waals surface area contributed by atoms with Crippen molar-refractivity contribution in [1.29, 1.82) is 0 Å². The molecular formula is C11H14BrNOS. The molecular weight excluding hydrogens is 274 g/mol. The molecule has 1 rings (SSSR count). The van der Waals surface area contributed by atoms with Gasteiger partial charge in [-0.05, 0) is 40.1 Å². The molecule has 4 heteroatoms. The van der Waals surface area contributed by atoms with Gasteiger partial charge in [0.05, 0.1) is 3.79 Å². The molecule has 0 saturated heterocycles. The minimum Gasteiger partial charge on any atom is -0.352 e. The minimum absolute atomic E-state index is 0.0341. The largest absolute Gasteiger partial charge is 0.352 e. The Labute approximate surface area is 103 Å². The molecule has 0 radical (unpaired) electrons. The van der Waals surface area contributed by atoms with Crippen LogP contribution in [0.2, 0.25) is 0 Å². The summed E-state index contributed by atoms with van der Waals surface area (Å²) in [5, 5.41) is 2.83. The Bertz CT molecular complexity index is 357. The van der Waals surface area contributed by atoms with Crippen LogP contribution < -0.4 is 5.32 Å². The van der Waals surface area contributed by atoms with Crippen molar-refractivity contribution in [2.75, 3.05) is 6.54 Å². The molecule has 1 aromatic heterocycles. The third-order valence-corrected chi connectivity index (χ3v) is 3.27. The van der Waals surface area contributed by atoms with Gasteiger partial charge >= 0.3 is 0 Å². The summed E-state index contributed by atoms with van der Waals surface area (Å²) in [7, 11) is 0. The zero-order valence-electron chi connectivity index (χ0n) is 8.79. The number of halogens is 1. The van der Waals surface area contributed by atoms with E-state index in [0.717, 1.165) is 15.2 Å². The first-order valence-corrected chi connectivity index (χ1v) is 6.40. The van der Waals surface area contributed by atoms with E-state index in [1.165, 1.54) is 0 Å². The molecule has 1 N–H and O–H groups in total. The molecule has 1 amide bonds. The summed E-state index contributed by atoms with van der Waals surface area (Å²) < 4.78 is 1.07. The summed E-state index contributed by atoms with van der Waals surface area (Å²) in [6.45, 7) is 4.86. The fraction of sp³-hybridized carbons (Fsp3) is 0.364. The Morgan fingerprint density at radius 1 is 1.60 bits per heavy atom. The maximum absolute atomic E-state index is 11.3. The van der Waals surface area contributed by atoms with E-state index < -0.39 is 0 Å². The first-order valence-electron chi connectivity index (χ1n) is 4.79. The van der Waals surface area contributed by atoms with Crippen molar-refractivity contribution in [3.05, 3.63) is 26.9 Å². The van der Waals surface area contributed by atoms with Crippen molar-refractivity contribution in [2.45, 2.75) is 13.8 Å². The van der Waals surface area contributed by atoms with E-state index in [-0.39, 0.29) is 5.91 Å². The van der Waals surface area contributed by atoms with Gasteiger partial charge < -0.3 is 5.32 Å². The van der Waals surface area contributed by atoms with Gasteiger partial charge in [-0.1, -0.05) is 13.8 Å². The highest BCUT2D eigenvalue weighted by Gasteiger charge is 1.98. The Hall–Kier alpha value is -0.610. The molecule has 0 spiro atoms. The lowest BCUT2D eigenvalue weighted by molar-refractivity contribution is -0.116. The van der Waals surface area contributed by atoms with Gasteiger partial charge in [-0.2, -0.15) is 0 Å². The standard InChI is InChI=1S/C11H14BrNOS/c1-8(2)7-13-11(14)6-4-9-3-5-10(12)15-9/h3-6,8H,7H2,1-2H3,(H,13,14). The summed E-state index contributed by atoms with van der Waals surface area (Å²) in [6.07, 6.45) is 3.39. The van der Waals surface area contributed by atoms with Crippen LogP contribution in [0.1, 0.15) is 18.7 Å².